The summed E-state index contributed by atoms with van der Waals surface area (Å²) in [4.78, 5) is 19.6. The smallest absolute Gasteiger partial charge is 0.255 e. The fraction of sp³-hybridized carbons (Fsp3) is 0.474. The fourth-order valence-electron chi connectivity index (χ4n) is 3.75. The van der Waals surface area contributed by atoms with Crippen molar-refractivity contribution in [3.8, 4) is 5.75 Å². The van der Waals surface area contributed by atoms with E-state index in [0.717, 1.165) is 43.2 Å². The highest BCUT2D eigenvalue weighted by Gasteiger charge is 2.46. The third kappa shape index (κ3) is 3.08. The van der Waals surface area contributed by atoms with Gasteiger partial charge >= 0.3 is 0 Å². The number of nitrogens with zero attached hydrogens (tertiary/aromatic N) is 3. The van der Waals surface area contributed by atoms with Crippen LogP contribution in [0.3, 0.4) is 0 Å². The second-order valence-electron chi connectivity index (χ2n) is 7.03. The normalized spacial score (nSPS) is 22.0. The highest BCUT2D eigenvalue weighted by Crippen LogP contribution is 2.39. The second kappa shape index (κ2) is 6.74. The van der Waals surface area contributed by atoms with Gasteiger partial charge in [0.15, 0.2) is 6.10 Å². The zero-order valence-corrected chi connectivity index (χ0v) is 15.1. The Kier molecular flexibility index (Phi) is 4.42. The first kappa shape index (κ1) is 17.1. The number of likely N-dealkylation sites (tertiary alicyclic amines) is 1. The van der Waals surface area contributed by atoms with Gasteiger partial charge < -0.3 is 24.3 Å². The summed E-state index contributed by atoms with van der Waals surface area (Å²) >= 11 is 0. The number of imidazole rings is 1. The molecular formula is C19H24N4O3. The predicted octanol–water partition coefficient (Wildman–Crippen LogP) is 1.85. The van der Waals surface area contributed by atoms with Crippen LogP contribution < -0.4 is 10.1 Å². The number of hydrogen-bond acceptors (Lipinski definition) is 5. The van der Waals surface area contributed by atoms with Crippen molar-refractivity contribution in [1.29, 1.82) is 0 Å². The molecule has 1 spiro atoms. The number of piperidine rings is 1. The van der Waals surface area contributed by atoms with Gasteiger partial charge in [-0.3, -0.25) is 4.79 Å². The fourth-order valence-corrected chi connectivity index (χ4v) is 3.75. The summed E-state index contributed by atoms with van der Waals surface area (Å²) in [5.41, 5.74) is 0.254. The standard InChI is InChI=1S/C19H24N4O3/c1-22-10-7-19(8-11-22)18-20-9-12-23(18)13-16(26-19)17(24)21-14-3-5-15(25-2)6-4-14/h3-6,9,12,16H,7-8,10-11,13H2,1-2H3,(H,21,24). The zero-order valence-electron chi connectivity index (χ0n) is 15.1. The molecule has 1 aromatic carbocycles. The van der Waals surface area contributed by atoms with E-state index in [1.807, 2.05) is 30.5 Å². The Morgan fingerprint density at radius 1 is 1.31 bits per heavy atom. The molecule has 0 saturated carbocycles. The SMILES string of the molecule is COc1ccc(NC(=O)C2Cn3ccnc3C3(CCN(C)CC3)O2)cc1. The van der Waals surface area contributed by atoms with E-state index in [2.05, 4.69) is 26.8 Å². The van der Waals surface area contributed by atoms with Gasteiger partial charge in [0, 0.05) is 31.2 Å². The van der Waals surface area contributed by atoms with E-state index in [9.17, 15) is 4.79 Å². The molecule has 1 aromatic heterocycles. The van der Waals surface area contributed by atoms with Crippen molar-refractivity contribution >= 4 is 11.6 Å². The van der Waals surface area contributed by atoms with Gasteiger partial charge in [0.2, 0.25) is 0 Å². The number of aromatic nitrogens is 2. The summed E-state index contributed by atoms with van der Waals surface area (Å²) in [7, 11) is 3.73. The Bertz CT molecular complexity index is 778. The number of amides is 1. The highest BCUT2D eigenvalue weighted by molar-refractivity contribution is 5.94. The maximum absolute atomic E-state index is 12.8. The summed E-state index contributed by atoms with van der Waals surface area (Å²) in [6.45, 7) is 2.34. The molecule has 2 aromatic rings. The van der Waals surface area contributed by atoms with Crippen LogP contribution >= 0.6 is 0 Å². The first-order chi connectivity index (χ1) is 12.6. The molecule has 2 aliphatic heterocycles. The molecule has 26 heavy (non-hydrogen) atoms. The molecule has 0 bridgehead atoms. The van der Waals surface area contributed by atoms with E-state index in [1.54, 1.807) is 13.3 Å². The highest BCUT2D eigenvalue weighted by atomic mass is 16.5. The number of nitrogens with one attached hydrogen (secondary N) is 1. The van der Waals surface area contributed by atoms with Crippen LogP contribution in [0.1, 0.15) is 18.7 Å². The van der Waals surface area contributed by atoms with Gasteiger partial charge in [0.25, 0.3) is 5.91 Å². The minimum absolute atomic E-state index is 0.132. The lowest BCUT2D eigenvalue weighted by Crippen LogP contribution is -2.52. The minimum Gasteiger partial charge on any atom is -0.497 e. The van der Waals surface area contributed by atoms with E-state index in [1.165, 1.54) is 0 Å². The number of carbonyl (C=O) groups excluding carboxylic acids is 1. The van der Waals surface area contributed by atoms with Crippen LogP contribution in [-0.4, -0.2) is 53.7 Å². The largest absolute Gasteiger partial charge is 0.497 e. The van der Waals surface area contributed by atoms with Crippen LogP contribution in [0.2, 0.25) is 0 Å². The number of methoxy groups -OCH3 is 1. The number of carbonyl (C=O) groups is 1. The average Bonchev–Trinajstić information content (AvgIpc) is 3.14. The summed E-state index contributed by atoms with van der Waals surface area (Å²) in [6.07, 6.45) is 4.87. The number of hydrogen-bond donors (Lipinski definition) is 1. The van der Waals surface area contributed by atoms with Crippen LogP contribution in [0.15, 0.2) is 36.7 Å². The summed E-state index contributed by atoms with van der Waals surface area (Å²) in [5, 5.41) is 2.95. The molecule has 1 amide bonds. The van der Waals surface area contributed by atoms with Crippen LogP contribution in [0.4, 0.5) is 5.69 Å². The molecule has 138 valence electrons. The summed E-state index contributed by atoms with van der Waals surface area (Å²) in [6, 6.07) is 7.30. The van der Waals surface area contributed by atoms with Crippen LogP contribution in [0.25, 0.3) is 0 Å². The lowest BCUT2D eigenvalue weighted by molar-refractivity contribution is -0.168. The van der Waals surface area contributed by atoms with E-state index in [-0.39, 0.29) is 5.91 Å². The van der Waals surface area contributed by atoms with Crippen molar-refractivity contribution in [2.75, 3.05) is 32.6 Å². The molecule has 1 saturated heterocycles. The van der Waals surface area contributed by atoms with Gasteiger partial charge in [0.05, 0.1) is 13.7 Å². The molecule has 1 N–H and O–H groups in total. The molecule has 1 unspecified atom stereocenters. The lowest BCUT2D eigenvalue weighted by Gasteiger charge is -2.44. The van der Waals surface area contributed by atoms with Crippen LogP contribution in [-0.2, 0) is 21.7 Å². The third-order valence-corrected chi connectivity index (χ3v) is 5.30. The van der Waals surface area contributed by atoms with Gasteiger partial charge in [-0.05, 0) is 44.2 Å². The second-order valence-corrected chi connectivity index (χ2v) is 7.03. The van der Waals surface area contributed by atoms with Gasteiger partial charge in [-0.2, -0.15) is 0 Å². The average molecular weight is 356 g/mol. The number of fused-ring (bicyclic) bond motifs is 2. The summed E-state index contributed by atoms with van der Waals surface area (Å²) in [5.74, 6) is 1.57. The maximum atomic E-state index is 12.8. The van der Waals surface area contributed by atoms with Gasteiger partial charge in [-0.15, -0.1) is 0 Å². The Labute approximate surface area is 152 Å². The number of ether oxygens (including phenoxy) is 2. The summed E-state index contributed by atoms with van der Waals surface area (Å²) < 4.78 is 13.6. The number of benzene rings is 1. The molecular weight excluding hydrogens is 332 g/mol. The quantitative estimate of drug-likeness (QED) is 0.909. The zero-order chi connectivity index (χ0) is 18.1. The van der Waals surface area contributed by atoms with Gasteiger partial charge in [0.1, 0.15) is 17.2 Å². The van der Waals surface area contributed by atoms with E-state index >= 15 is 0 Å². The molecule has 7 heteroatoms. The van der Waals surface area contributed by atoms with Gasteiger partial charge in [-0.25, -0.2) is 4.98 Å². The Balaban J connectivity index is 1.53. The third-order valence-electron chi connectivity index (χ3n) is 5.30. The molecule has 4 rings (SSSR count). The van der Waals surface area contributed by atoms with Crippen molar-refractivity contribution in [2.45, 2.75) is 31.1 Å². The van der Waals surface area contributed by atoms with Gasteiger partial charge in [-0.1, -0.05) is 0 Å². The van der Waals surface area contributed by atoms with Crippen LogP contribution in [0, 0.1) is 0 Å². The molecule has 2 aliphatic rings. The first-order valence-corrected chi connectivity index (χ1v) is 8.92. The van der Waals surface area contributed by atoms with Crippen molar-refractivity contribution in [3.05, 3.63) is 42.5 Å². The van der Waals surface area contributed by atoms with E-state index in [4.69, 9.17) is 9.47 Å². The van der Waals surface area contributed by atoms with E-state index in [0.29, 0.717) is 6.54 Å². The molecule has 1 fully saturated rings. The molecule has 0 radical (unpaired) electrons. The molecule has 0 aliphatic carbocycles. The molecule has 7 nitrogen and oxygen atoms in total. The van der Waals surface area contributed by atoms with Crippen molar-refractivity contribution in [1.82, 2.24) is 14.5 Å². The Morgan fingerprint density at radius 2 is 2.04 bits per heavy atom. The monoisotopic (exact) mass is 356 g/mol. The number of rotatable bonds is 3. The van der Waals surface area contributed by atoms with E-state index < -0.39 is 11.7 Å². The molecule has 3 heterocycles. The van der Waals surface area contributed by atoms with Crippen molar-refractivity contribution < 1.29 is 14.3 Å². The lowest BCUT2D eigenvalue weighted by atomic mass is 9.88. The molecule has 1 atom stereocenters. The van der Waals surface area contributed by atoms with Crippen molar-refractivity contribution in [2.24, 2.45) is 0 Å². The number of anilines is 1. The van der Waals surface area contributed by atoms with Crippen molar-refractivity contribution in [3.63, 3.8) is 0 Å². The first-order valence-electron chi connectivity index (χ1n) is 8.92. The minimum atomic E-state index is -0.540. The van der Waals surface area contributed by atoms with Crippen LogP contribution in [0.5, 0.6) is 5.75 Å². The Hall–Kier alpha value is -2.38. The Morgan fingerprint density at radius 3 is 2.73 bits per heavy atom. The maximum Gasteiger partial charge on any atom is 0.255 e. The topological polar surface area (TPSA) is 68.6 Å². The predicted molar refractivity (Wildman–Crippen MR) is 97.1 cm³/mol.